The summed E-state index contributed by atoms with van der Waals surface area (Å²) in [6.07, 6.45) is 0.532. The molecule has 1 heterocycles. The highest BCUT2D eigenvalue weighted by Crippen LogP contribution is 2.52. The van der Waals surface area contributed by atoms with Gasteiger partial charge < -0.3 is 13.5 Å². The van der Waals surface area contributed by atoms with Gasteiger partial charge in [0.2, 0.25) is 5.75 Å². The summed E-state index contributed by atoms with van der Waals surface area (Å²) in [5, 5.41) is 9.91. The molecular weight excluding hydrogens is 268 g/mol. The van der Waals surface area contributed by atoms with Gasteiger partial charge in [0.05, 0.1) is 0 Å². The van der Waals surface area contributed by atoms with Crippen LogP contribution in [-0.4, -0.2) is 13.5 Å². The van der Waals surface area contributed by atoms with Crippen LogP contribution in [0.3, 0.4) is 0 Å². The van der Waals surface area contributed by atoms with Crippen molar-refractivity contribution in [2.24, 2.45) is 0 Å². The number of hydrogen-bond acceptors (Lipinski definition) is 5. The van der Waals surface area contributed by atoms with Crippen LogP contribution in [0, 0.1) is 0 Å². The van der Waals surface area contributed by atoms with Crippen LogP contribution in [0.15, 0.2) is 30.3 Å². The zero-order valence-electron chi connectivity index (χ0n) is 9.58. The average molecular weight is 276 g/mol. The molecule has 1 aliphatic carbocycles. The third-order valence-corrected chi connectivity index (χ3v) is 4.13. The third-order valence-electron chi connectivity index (χ3n) is 3.38. The van der Waals surface area contributed by atoms with E-state index in [9.17, 15) is 13.5 Å². The maximum Gasteiger partial charge on any atom is 0.501 e. The predicted molar refractivity (Wildman–Crippen MR) is 66.5 cm³/mol. The zero-order chi connectivity index (χ0) is 13.2. The van der Waals surface area contributed by atoms with Gasteiger partial charge in [0.25, 0.3) is 0 Å². The van der Waals surface area contributed by atoms with Gasteiger partial charge in [0, 0.05) is 12.0 Å². The van der Waals surface area contributed by atoms with Crippen LogP contribution in [0.25, 0.3) is 11.1 Å². The third kappa shape index (κ3) is 1.37. The summed E-state index contributed by atoms with van der Waals surface area (Å²) in [5.74, 6) is -0.368. The van der Waals surface area contributed by atoms with Gasteiger partial charge in [-0.2, -0.15) is 0 Å². The standard InChI is InChI=1S/C13H8O5S/c14-12-11-6-9-8-4-2-1-3-7(8)5-10(9)13(12)18-19(15,16)17-11/h1-4,6,14H,5H2. The summed E-state index contributed by atoms with van der Waals surface area (Å²) >= 11 is 0. The van der Waals surface area contributed by atoms with E-state index in [2.05, 4.69) is 4.18 Å². The predicted octanol–water partition coefficient (Wildman–Crippen LogP) is 1.98. The molecule has 0 atom stereocenters. The minimum absolute atomic E-state index is 0.0186. The van der Waals surface area contributed by atoms with E-state index >= 15 is 0 Å². The Labute approximate surface area is 109 Å². The highest BCUT2D eigenvalue weighted by atomic mass is 32.3. The molecule has 0 amide bonds. The molecule has 6 heteroatoms. The van der Waals surface area contributed by atoms with E-state index in [0.717, 1.165) is 16.7 Å². The molecule has 0 spiro atoms. The van der Waals surface area contributed by atoms with Gasteiger partial charge in [0.15, 0.2) is 11.5 Å². The number of phenols is 1. The Kier molecular flexibility index (Phi) is 1.81. The number of benzene rings is 2. The van der Waals surface area contributed by atoms with Crippen LogP contribution in [-0.2, 0) is 16.8 Å². The summed E-state index contributed by atoms with van der Waals surface area (Å²) in [6.45, 7) is 0. The second-order valence-electron chi connectivity index (χ2n) is 4.49. The quantitative estimate of drug-likeness (QED) is 0.679. The molecule has 1 aliphatic heterocycles. The first-order chi connectivity index (χ1) is 9.05. The monoisotopic (exact) mass is 276 g/mol. The van der Waals surface area contributed by atoms with Crippen LogP contribution >= 0.6 is 0 Å². The molecule has 2 bridgehead atoms. The van der Waals surface area contributed by atoms with E-state index in [1.807, 2.05) is 24.3 Å². The Morgan fingerprint density at radius 2 is 1.89 bits per heavy atom. The van der Waals surface area contributed by atoms with Crippen molar-refractivity contribution in [1.29, 1.82) is 0 Å². The smallest absolute Gasteiger partial charge is 0.501 e. The molecule has 5 nitrogen and oxygen atoms in total. The van der Waals surface area contributed by atoms with Crippen molar-refractivity contribution >= 4 is 10.4 Å². The second-order valence-corrected chi connectivity index (χ2v) is 5.64. The van der Waals surface area contributed by atoms with E-state index in [0.29, 0.717) is 12.0 Å². The Morgan fingerprint density at radius 3 is 2.74 bits per heavy atom. The van der Waals surface area contributed by atoms with Crippen molar-refractivity contribution in [1.82, 2.24) is 0 Å². The van der Waals surface area contributed by atoms with Crippen molar-refractivity contribution < 1.29 is 21.9 Å². The lowest BCUT2D eigenvalue weighted by atomic mass is 10.0. The summed E-state index contributed by atoms with van der Waals surface area (Å²) in [7, 11) is -4.12. The van der Waals surface area contributed by atoms with Gasteiger partial charge in [-0.25, -0.2) is 0 Å². The largest absolute Gasteiger partial charge is 0.502 e. The second kappa shape index (κ2) is 3.21. The molecule has 2 aromatic carbocycles. The summed E-state index contributed by atoms with van der Waals surface area (Å²) in [6, 6.07) is 9.27. The molecule has 1 N–H and O–H groups in total. The number of rotatable bonds is 0. The van der Waals surface area contributed by atoms with E-state index in [1.54, 1.807) is 6.07 Å². The first-order valence-corrected chi connectivity index (χ1v) is 6.99. The summed E-state index contributed by atoms with van der Waals surface area (Å²) in [5.41, 5.74) is 3.59. The van der Waals surface area contributed by atoms with Gasteiger partial charge in [-0.15, -0.1) is 8.42 Å². The fourth-order valence-corrected chi connectivity index (χ4v) is 3.35. The molecule has 19 heavy (non-hydrogen) atoms. The molecule has 0 unspecified atom stereocenters. The first-order valence-electron chi connectivity index (χ1n) is 5.66. The average Bonchev–Trinajstić information content (AvgIpc) is 2.71. The molecule has 0 radical (unpaired) electrons. The minimum atomic E-state index is -4.12. The van der Waals surface area contributed by atoms with Gasteiger partial charge in [0.1, 0.15) is 0 Å². The minimum Gasteiger partial charge on any atom is -0.502 e. The summed E-state index contributed by atoms with van der Waals surface area (Å²) in [4.78, 5) is 0. The van der Waals surface area contributed by atoms with Crippen molar-refractivity contribution in [3.63, 3.8) is 0 Å². The maximum absolute atomic E-state index is 11.4. The van der Waals surface area contributed by atoms with E-state index in [4.69, 9.17) is 4.18 Å². The number of aromatic hydroxyl groups is 1. The fourth-order valence-electron chi connectivity index (χ4n) is 2.59. The van der Waals surface area contributed by atoms with Crippen LogP contribution < -0.4 is 8.37 Å². The van der Waals surface area contributed by atoms with Crippen molar-refractivity contribution in [2.75, 3.05) is 0 Å². The number of fused-ring (bicyclic) bond motifs is 6. The topological polar surface area (TPSA) is 72.8 Å². The Bertz CT molecular complexity index is 823. The van der Waals surface area contributed by atoms with Crippen LogP contribution in [0.5, 0.6) is 17.2 Å². The van der Waals surface area contributed by atoms with Crippen molar-refractivity contribution in [3.05, 3.63) is 41.5 Å². The van der Waals surface area contributed by atoms with Crippen LogP contribution in [0.4, 0.5) is 0 Å². The molecule has 0 saturated carbocycles. The molecule has 2 aliphatic rings. The Balaban J connectivity index is 2.04. The molecule has 0 fully saturated rings. The normalized spacial score (nSPS) is 17.1. The number of phenolic OH excluding ortho intramolecular Hbond substituents is 1. The maximum atomic E-state index is 11.4. The zero-order valence-corrected chi connectivity index (χ0v) is 10.4. The van der Waals surface area contributed by atoms with Gasteiger partial charge in [-0.3, -0.25) is 0 Å². The summed E-state index contributed by atoms with van der Waals surface area (Å²) < 4.78 is 32.3. The van der Waals surface area contributed by atoms with E-state index in [-0.39, 0.29) is 17.2 Å². The van der Waals surface area contributed by atoms with E-state index < -0.39 is 10.4 Å². The fraction of sp³-hybridized carbons (Fsp3) is 0.0769. The highest BCUT2D eigenvalue weighted by Gasteiger charge is 2.35. The first kappa shape index (κ1) is 10.7. The lowest BCUT2D eigenvalue weighted by molar-refractivity contribution is 0.336. The molecule has 0 aromatic heterocycles. The van der Waals surface area contributed by atoms with Crippen LogP contribution in [0.2, 0.25) is 0 Å². The van der Waals surface area contributed by atoms with E-state index in [1.165, 1.54) is 0 Å². The molecular formula is C13H8O5S. The van der Waals surface area contributed by atoms with Crippen molar-refractivity contribution in [3.8, 4) is 28.4 Å². The van der Waals surface area contributed by atoms with Gasteiger partial charge >= 0.3 is 10.4 Å². The Morgan fingerprint density at radius 1 is 1.11 bits per heavy atom. The van der Waals surface area contributed by atoms with Gasteiger partial charge in [-0.1, -0.05) is 24.3 Å². The SMILES string of the molecule is O=S1(=O)Oc2cc3c(c(c2O)O1)Cc1ccccc1-3. The lowest BCUT2D eigenvalue weighted by Crippen LogP contribution is -2.21. The molecule has 0 saturated heterocycles. The molecule has 96 valence electrons. The lowest BCUT2D eigenvalue weighted by Gasteiger charge is -2.19. The van der Waals surface area contributed by atoms with Crippen LogP contribution in [0.1, 0.15) is 11.1 Å². The number of hydrogen-bond donors (Lipinski definition) is 1. The molecule has 2 aromatic rings. The highest BCUT2D eigenvalue weighted by molar-refractivity contribution is 7.82. The van der Waals surface area contributed by atoms with Crippen molar-refractivity contribution in [2.45, 2.75) is 6.42 Å². The Hall–Kier alpha value is -2.21. The van der Waals surface area contributed by atoms with Gasteiger partial charge in [-0.05, 0) is 22.8 Å². The molecule has 4 rings (SSSR count).